The fourth-order valence-corrected chi connectivity index (χ4v) is 6.63. The van der Waals surface area contributed by atoms with Gasteiger partial charge in [0.15, 0.2) is 0 Å². The van der Waals surface area contributed by atoms with Gasteiger partial charge in [0.25, 0.3) is 5.91 Å². The molecule has 0 bridgehead atoms. The van der Waals surface area contributed by atoms with Crippen LogP contribution in [0, 0.1) is 11.8 Å². The van der Waals surface area contributed by atoms with E-state index < -0.39 is 0 Å². The molecule has 27 heavy (non-hydrogen) atoms. The van der Waals surface area contributed by atoms with Crippen LogP contribution in [-0.2, 0) is 21.6 Å². The Bertz CT molecular complexity index is 771. The van der Waals surface area contributed by atoms with Crippen molar-refractivity contribution in [1.29, 1.82) is 0 Å². The third-order valence-corrected chi connectivity index (χ3v) is 8.20. The van der Waals surface area contributed by atoms with Crippen molar-refractivity contribution in [2.75, 3.05) is 46.4 Å². The summed E-state index contributed by atoms with van der Waals surface area (Å²) in [4.78, 5) is 31.5. The maximum absolute atomic E-state index is 13.2. The Morgan fingerprint density at radius 1 is 1.33 bits per heavy atom. The number of carbonyl (C=O) groups is 2. The number of rotatable bonds is 1. The molecule has 1 aromatic rings. The van der Waals surface area contributed by atoms with Crippen LogP contribution in [0.15, 0.2) is 6.07 Å². The zero-order valence-corrected chi connectivity index (χ0v) is 16.6. The molecule has 0 saturated carbocycles. The van der Waals surface area contributed by atoms with Crippen LogP contribution in [-0.4, -0.2) is 68.0 Å². The first-order valence-corrected chi connectivity index (χ1v) is 10.9. The summed E-state index contributed by atoms with van der Waals surface area (Å²) in [7, 11) is 1.87. The minimum Gasteiger partial charge on any atom is -0.369 e. The molecule has 0 radical (unpaired) electrons. The van der Waals surface area contributed by atoms with Crippen molar-refractivity contribution in [2.24, 2.45) is 11.8 Å². The Labute approximate surface area is 163 Å². The van der Waals surface area contributed by atoms with Gasteiger partial charge in [-0.25, -0.2) is 0 Å². The lowest BCUT2D eigenvalue weighted by Gasteiger charge is -2.40. The molecule has 7 heteroatoms. The van der Waals surface area contributed by atoms with Crippen LogP contribution in [0.4, 0.5) is 0 Å². The van der Waals surface area contributed by atoms with E-state index in [2.05, 4.69) is 11.4 Å². The summed E-state index contributed by atoms with van der Waals surface area (Å²) in [5, 5.41) is 3.41. The van der Waals surface area contributed by atoms with E-state index in [1.54, 1.807) is 11.3 Å². The highest BCUT2D eigenvalue weighted by atomic mass is 32.1. The molecule has 1 N–H and O–H groups in total. The van der Waals surface area contributed by atoms with Crippen LogP contribution in [0.3, 0.4) is 0 Å². The van der Waals surface area contributed by atoms with Gasteiger partial charge in [-0.05, 0) is 56.3 Å². The smallest absolute Gasteiger partial charge is 0.263 e. The minimum atomic E-state index is -0.195. The molecule has 1 aromatic heterocycles. The van der Waals surface area contributed by atoms with E-state index in [1.807, 2.05) is 16.8 Å². The third kappa shape index (κ3) is 2.82. The molecule has 5 heterocycles. The van der Waals surface area contributed by atoms with Gasteiger partial charge in [0.05, 0.1) is 17.4 Å². The summed E-state index contributed by atoms with van der Waals surface area (Å²) in [6.07, 6.45) is 3.84. The number of hydrogen-bond donors (Lipinski definition) is 1. The van der Waals surface area contributed by atoms with Crippen LogP contribution in [0.5, 0.6) is 0 Å². The van der Waals surface area contributed by atoms with Crippen molar-refractivity contribution in [2.45, 2.75) is 31.3 Å². The highest BCUT2D eigenvalue weighted by molar-refractivity contribution is 7.14. The van der Waals surface area contributed by atoms with Gasteiger partial charge in [-0.2, -0.15) is 0 Å². The molecule has 6 nitrogen and oxygen atoms in total. The molecule has 5 rings (SSSR count). The third-order valence-electron chi connectivity index (χ3n) is 6.85. The lowest BCUT2D eigenvalue weighted by molar-refractivity contribution is -0.137. The summed E-state index contributed by atoms with van der Waals surface area (Å²) in [6, 6.07) is 2.10. The normalized spacial score (nSPS) is 29.7. The average Bonchev–Trinajstić information content (AvgIpc) is 3.31. The first-order chi connectivity index (χ1) is 13.1. The average molecular weight is 390 g/mol. The monoisotopic (exact) mass is 389 g/mol. The molecule has 3 saturated heterocycles. The van der Waals surface area contributed by atoms with E-state index in [0.717, 1.165) is 63.3 Å². The molecular formula is C20H27N3O3S. The highest BCUT2D eigenvalue weighted by Crippen LogP contribution is 2.45. The number of ether oxygens (including phenoxy) is 1. The predicted octanol–water partition coefficient (Wildman–Crippen LogP) is 1.45. The molecule has 2 amide bonds. The highest BCUT2D eigenvalue weighted by Gasteiger charge is 2.45. The molecule has 0 aliphatic carbocycles. The lowest BCUT2D eigenvalue weighted by Crippen LogP contribution is -2.43. The predicted molar refractivity (Wildman–Crippen MR) is 103 cm³/mol. The second-order valence-corrected chi connectivity index (χ2v) is 9.49. The summed E-state index contributed by atoms with van der Waals surface area (Å²) >= 11 is 1.63. The van der Waals surface area contributed by atoms with Gasteiger partial charge < -0.3 is 19.9 Å². The maximum atomic E-state index is 13.2. The number of hydrogen-bond acceptors (Lipinski definition) is 5. The number of likely N-dealkylation sites (tertiary alicyclic amines) is 2. The van der Waals surface area contributed by atoms with Crippen molar-refractivity contribution in [3.8, 4) is 0 Å². The van der Waals surface area contributed by atoms with Gasteiger partial charge in [-0.15, -0.1) is 11.3 Å². The molecule has 0 unspecified atom stereocenters. The Balaban J connectivity index is 1.38. The molecule has 4 aliphatic heterocycles. The van der Waals surface area contributed by atoms with Gasteiger partial charge in [-0.1, -0.05) is 0 Å². The van der Waals surface area contributed by atoms with Crippen LogP contribution in [0.2, 0.25) is 0 Å². The Morgan fingerprint density at radius 2 is 2.15 bits per heavy atom. The van der Waals surface area contributed by atoms with E-state index in [0.29, 0.717) is 12.5 Å². The fourth-order valence-electron chi connectivity index (χ4n) is 5.25. The minimum absolute atomic E-state index is 0.0126. The number of thiophene rings is 1. The SMILES string of the molecule is CN1CC[C@@H]2CN(C(=O)c3cc4c(s3)C3(CCNCC3)OCC4)C[C@@H]2C1=O. The van der Waals surface area contributed by atoms with Crippen LogP contribution in [0.1, 0.15) is 39.4 Å². The molecule has 3 fully saturated rings. The first-order valence-electron chi connectivity index (χ1n) is 10.1. The standard InChI is InChI=1S/C20H27N3O3S/c1-22-8-2-14-11-23(12-15(14)18(22)24)19(25)16-10-13-3-9-26-20(17(13)27-16)4-6-21-7-5-20/h10,14-15,21H,2-9,11-12H2,1H3/t14-,15+/m1/s1. The van der Waals surface area contributed by atoms with E-state index in [-0.39, 0.29) is 23.3 Å². The van der Waals surface area contributed by atoms with Gasteiger partial charge in [0.1, 0.15) is 5.60 Å². The van der Waals surface area contributed by atoms with Gasteiger partial charge in [0, 0.05) is 31.6 Å². The lowest BCUT2D eigenvalue weighted by atomic mass is 9.86. The molecule has 0 aromatic carbocycles. The maximum Gasteiger partial charge on any atom is 0.263 e. The van der Waals surface area contributed by atoms with Crippen LogP contribution in [0.25, 0.3) is 0 Å². The Hall–Kier alpha value is -1.44. The summed E-state index contributed by atoms with van der Waals surface area (Å²) in [5.41, 5.74) is 1.10. The largest absolute Gasteiger partial charge is 0.369 e. The zero-order chi connectivity index (χ0) is 18.6. The molecule has 146 valence electrons. The number of piperidine rings is 2. The topological polar surface area (TPSA) is 61.9 Å². The molecular weight excluding hydrogens is 362 g/mol. The summed E-state index contributed by atoms with van der Waals surface area (Å²) < 4.78 is 6.25. The molecule has 2 atom stereocenters. The van der Waals surface area contributed by atoms with Gasteiger partial charge in [0.2, 0.25) is 5.91 Å². The van der Waals surface area contributed by atoms with Gasteiger partial charge >= 0.3 is 0 Å². The van der Waals surface area contributed by atoms with Crippen molar-refractivity contribution < 1.29 is 14.3 Å². The van der Waals surface area contributed by atoms with Gasteiger partial charge in [-0.3, -0.25) is 9.59 Å². The van der Waals surface area contributed by atoms with E-state index in [1.165, 1.54) is 10.4 Å². The number of nitrogens with zero attached hydrogens (tertiary/aromatic N) is 2. The van der Waals surface area contributed by atoms with E-state index in [9.17, 15) is 9.59 Å². The quantitative estimate of drug-likeness (QED) is 0.790. The van der Waals surface area contributed by atoms with Crippen LogP contribution < -0.4 is 5.32 Å². The van der Waals surface area contributed by atoms with Crippen molar-refractivity contribution in [3.63, 3.8) is 0 Å². The number of nitrogens with one attached hydrogen (secondary N) is 1. The van der Waals surface area contributed by atoms with Crippen molar-refractivity contribution in [3.05, 3.63) is 21.4 Å². The number of amides is 2. The van der Waals surface area contributed by atoms with Crippen molar-refractivity contribution in [1.82, 2.24) is 15.1 Å². The number of carbonyl (C=O) groups excluding carboxylic acids is 2. The van der Waals surface area contributed by atoms with Crippen LogP contribution >= 0.6 is 11.3 Å². The second kappa shape index (κ2) is 6.57. The van der Waals surface area contributed by atoms with E-state index in [4.69, 9.17) is 4.74 Å². The molecule has 4 aliphatic rings. The second-order valence-electron chi connectivity index (χ2n) is 8.43. The molecule has 1 spiro atoms. The Morgan fingerprint density at radius 3 is 2.96 bits per heavy atom. The van der Waals surface area contributed by atoms with Crippen molar-refractivity contribution >= 4 is 23.2 Å². The fraction of sp³-hybridized carbons (Fsp3) is 0.700. The Kier molecular flexibility index (Phi) is 4.29. The zero-order valence-electron chi connectivity index (χ0n) is 15.8. The number of fused-ring (bicyclic) bond motifs is 3. The van der Waals surface area contributed by atoms with E-state index >= 15 is 0 Å². The summed E-state index contributed by atoms with van der Waals surface area (Å²) in [6.45, 7) is 4.77. The first kappa shape index (κ1) is 17.6. The summed E-state index contributed by atoms with van der Waals surface area (Å²) in [5.74, 6) is 0.616.